The average molecular weight is 278 g/mol. The highest BCUT2D eigenvalue weighted by Crippen LogP contribution is 2.09. The van der Waals surface area contributed by atoms with Crippen molar-refractivity contribution in [2.24, 2.45) is 0 Å². The fourth-order valence-electron chi connectivity index (χ4n) is 1.70. The first-order chi connectivity index (χ1) is 9.52. The highest BCUT2D eigenvalue weighted by atomic mass is 16.2. The first-order valence-electron chi connectivity index (χ1n) is 7.00. The second-order valence-corrected chi connectivity index (χ2v) is 5.05. The molecule has 5 nitrogen and oxygen atoms in total. The zero-order valence-corrected chi connectivity index (χ0v) is 12.5. The van der Waals surface area contributed by atoms with Crippen LogP contribution in [0.1, 0.15) is 30.1 Å². The van der Waals surface area contributed by atoms with Gasteiger partial charge in [0.25, 0.3) is 5.91 Å². The number of anilines is 1. The van der Waals surface area contributed by atoms with Crippen LogP contribution in [0.3, 0.4) is 0 Å². The summed E-state index contributed by atoms with van der Waals surface area (Å²) in [6.07, 6.45) is 1.40. The molecule has 0 saturated heterocycles. The molecule has 1 aromatic rings. The third-order valence-corrected chi connectivity index (χ3v) is 2.89. The number of carbonyl (C=O) groups excluding carboxylic acids is 2. The largest absolute Gasteiger partial charge is 0.352 e. The van der Waals surface area contributed by atoms with Crippen molar-refractivity contribution in [3.05, 3.63) is 29.8 Å². The summed E-state index contributed by atoms with van der Waals surface area (Å²) >= 11 is 0. The lowest BCUT2D eigenvalue weighted by atomic mass is 10.2. The van der Waals surface area contributed by atoms with Crippen molar-refractivity contribution in [3.63, 3.8) is 0 Å². The molecule has 0 unspecified atom stereocenters. The molecule has 0 fully saturated rings. The lowest BCUT2D eigenvalue weighted by Gasteiger charge is -2.09. The van der Waals surface area contributed by atoms with E-state index in [0.717, 1.165) is 13.0 Å². The van der Waals surface area contributed by atoms with Crippen LogP contribution in [0.4, 0.5) is 5.69 Å². The third kappa shape index (κ3) is 5.84. The number of benzene rings is 1. The van der Waals surface area contributed by atoms with E-state index in [1.165, 1.54) is 4.90 Å². The van der Waals surface area contributed by atoms with Crippen LogP contribution in [0.2, 0.25) is 0 Å². The number of nitrogens with one attached hydrogen (secondary N) is 3. The summed E-state index contributed by atoms with van der Waals surface area (Å²) in [7, 11) is 4.18. The van der Waals surface area contributed by atoms with E-state index in [0.29, 0.717) is 24.2 Å². The van der Waals surface area contributed by atoms with E-state index in [-0.39, 0.29) is 11.8 Å². The highest BCUT2D eigenvalue weighted by molar-refractivity contribution is 5.95. The molecule has 20 heavy (non-hydrogen) atoms. The molecule has 0 bridgehead atoms. The molecule has 3 N–H and O–H groups in total. The summed E-state index contributed by atoms with van der Waals surface area (Å²) in [5.41, 5.74) is 1.32. The maximum absolute atomic E-state index is 11.9. The van der Waals surface area contributed by atoms with Crippen molar-refractivity contribution in [2.45, 2.75) is 19.8 Å². The Balaban J connectivity index is 2.43. The van der Waals surface area contributed by atoms with Gasteiger partial charge in [-0.1, -0.05) is 6.92 Å². The van der Waals surface area contributed by atoms with E-state index in [1.54, 1.807) is 31.2 Å². The Hall–Kier alpha value is -1.88. The van der Waals surface area contributed by atoms with Gasteiger partial charge in [-0.2, -0.15) is 0 Å². The van der Waals surface area contributed by atoms with E-state index in [1.807, 2.05) is 0 Å². The molecule has 0 radical (unpaired) electrons. The molecule has 0 aliphatic heterocycles. The fraction of sp³-hybridized carbons (Fsp3) is 0.467. The molecule has 0 saturated carbocycles. The standard InChI is InChI=1S/C15H23N3O2/c1-4-14(19)17-13-8-6-12(7-9-13)15(20)16-10-5-11-18(2)3/h6-9H,4-5,10-11H2,1-3H3,(H,16,20)(H,17,19)/p+1. The second kappa shape index (κ2) is 8.32. The van der Waals surface area contributed by atoms with Gasteiger partial charge in [-0.25, -0.2) is 0 Å². The minimum atomic E-state index is -0.0767. The zero-order chi connectivity index (χ0) is 15.0. The van der Waals surface area contributed by atoms with E-state index < -0.39 is 0 Å². The van der Waals surface area contributed by atoms with E-state index >= 15 is 0 Å². The van der Waals surface area contributed by atoms with Crippen LogP contribution >= 0.6 is 0 Å². The van der Waals surface area contributed by atoms with Crippen LogP contribution in [-0.2, 0) is 4.79 Å². The second-order valence-electron chi connectivity index (χ2n) is 5.05. The number of hydrogen-bond donors (Lipinski definition) is 3. The van der Waals surface area contributed by atoms with Gasteiger partial charge in [0.1, 0.15) is 0 Å². The summed E-state index contributed by atoms with van der Waals surface area (Å²) in [5.74, 6) is -0.111. The summed E-state index contributed by atoms with van der Waals surface area (Å²) in [6, 6.07) is 6.93. The lowest BCUT2D eigenvalue weighted by molar-refractivity contribution is -0.858. The fourth-order valence-corrected chi connectivity index (χ4v) is 1.70. The molecular weight excluding hydrogens is 254 g/mol. The molecule has 2 amide bonds. The minimum Gasteiger partial charge on any atom is -0.352 e. The minimum absolute atomic E-state index is 0.0339. The number of hydrogen-bond acceptors (Lipinski definition) is 2. The van der Waals surface area contributed by atoms with Crippen molar-refractivity contribution in [1.82, 2.24) is 5.32 Å². The molecule has 0 aromatic heterocycles. The Bertz CT molecular complexity index is 441. The van der Waals surface area contributed by atoms with Gasteiger partial charge in [0, 0.05) is 30.6 Å². The first kappa shape index (κ1) is 16.2. The van der Waals surface area contributed by atoms with Gasteiger partial charge < -0.3 is 15.5 Å². The van der Waals surface area contributed by atoms with Crippen LogP contribution in [0.5, 0.6) is 0 Å². The number of rotatable bonds is 7. The highest BCUT2D eigenvalue weighted by Gasteiger charge is 2.05. The van der Waals surface area contributed by atoms with Gasteiger partial charge in [-0.3, -0.25) is 9.59 Å². The summed E-state index contributed by atoms with van der Waals surface area (Å²) in [6.45, 7) is 3.51. The predicted octanol–water partition coefficient (Wildman–Crippen LogP) is 0.300. The molecule has 0 heterocycles. The van der Waals surface area contributed by atoms with Gasteiger partial charge in [0.05, 0.1) is 20.6 Å². The topological polar surface area (TPSA) is 62.6 Å². The van der Waals surface area contributed by atoms with Crippen LogP contribution in [0.25, 0.3) is 0 Å². The lowest BCUT2D eigenvalue weighted by Crippen LogP contribution is -3.05. The Morgan fingerprint density at radius 1 is 1.15 bits per heavy atom. The van der Waals surface area contributed by atoms with Crippen LogP contribution in [0, 0.1) is 0 Å². The van der Waals surface area contributed by atoms with Crippen molar-refractivity contribution < 1.29 is 14.5 Å². The van der Waals surface area contributed by atoms with Gasteiger partial charge in [-0.15, -0.1) is 0 Å². The molecule has 0 atom stereocenters. The molecule has 1 rings (SSSR count). The molecule has 0 aliphatic rings. The normalized spacial score (nSPS) is 10.4. The average Bonchev–Trinajstić information content (AvgIpc) is 2.43. The van der Waals surface area contributed by atoms with Crippen LogP contribution in [0.15, 0.2) is 24.3 Å². The summed E-state index contributed by atoms with van der Waals surface area (Å²) in [5, 5.41) is 5.64. The molecule has 110 valence electrons. The summed E-state index contributed by atoms with van der Waals surface area (Å²) < 4.78 is 0. The van der Waals surface area contributed by atoms with Crippen LogP contribution < -0.4 is 15.5 Å². The van der Waals surface area contributed by atoms with Crippen molar-refractivity contribution in [3.8, 4) is 0 Å². The Labute approximate surface area is 120 Å². The quantitative estimate of drug-likeness (QED) is 0.628. The predicted molar refractivity (Wildman–Crippen MR) is 80.0 cm³/mol. The number of quaternary nitrogens is 1. The van der Waals surface area contributed by atoms with Crippen LogP contribution in [-0.4, -0.2) is 39.0 Å². The Morgan fingerprint density at radius 3 is 2.35 bits per heavy atom. The van der Waals surface area contributed by atoms with Crippen molar-refractivity contribution in [1.29, 1.82) is 0 Å². The summed E-state index contributed by atoms with van der Waals surface area (Å²) in [4.78, 5) is 24.5. The van der Waals surface area contributed by atoms with Crippen molar-refractivity contribution in [2.75, 3.05) is 32.5 Å². The molecule has 5 heteroatoms. The number of amides is 2. The monoisotopic (exact) mass is 278 g/mol. The molecular formula is C15H24N3O2+. The van der Waals surface area contributed by atoms with Gasteiger partial charge in [0.15, 0.2) is 0 Å². The van der Waals surface area contributed by atoms with Gasteiger partial charge in [-0.05, 0) is 24.3 Å². The smallest absolute Gasteiger partial charge is 0.251 e. The maximum atomic E-state index is 11.9. The maximum Gasteiger partial charge on any atom is 0.251 e. The van der Waals surface area contributed by atoms with E-state index in [2.05, 4.69) is 24.7 Å². The first-order valence-corrected chi connectivity index (χ1v) is 7.00. The van der Waals surface area contributed by atoms with E-state index in [4.69, 9.17) is 0 Å². The zero-order valence-electron chi connectivity index (χ0n) is 12.5. The third-order valence-electron chi connectivity index (χ3n) is 2.89. The van der Waals surface area contributed by atoms with E-state index in [9.17, 15) is 9.59 Å². The Kier molecular flexibility index (Phi) is 6.73. The molecule has 1 aromatic carbocycles. The van der Waals surface area contributed by atoms with Gasteiger partial charge in [0.2, 0.25) is 5.91 Å². The van der Waals surface area contributed by atoms with Gasteiger partial charge >= 0.3 is 0 Å². The number of carbonyl (C=O) groups is 2. The molecule has 0 spiro atoms. The molecule has 0 aliphatic carbocycles. The Morgan fingerprint density at radius 2 is 1.80 bits per heavy atom. The SMILES string of the molecule is CCC(=O)Nc1ccc(C(=O)NCCC[NH+](C)C)cc1. The van der Waals surface area contributed by atoms with Crippen molar-refractivity contribution >= 4 is 17.5 Å².